The van der Waals surface area contributed by atoms with Gasteiger partial charge in [-0.3, -0.25) is 24.5 Å². The fourth-order valence-corrected chi connectivity index (χ4v) is 5.35. The van der Waals surface area contributed by atoms with Crippen LogP contribution in [0.2, 0.25) is 0 Å². The molecule has 3 N–H and O–H groups in total. The number of nitrogens with one attached hydrogen (secondary N) is 3. The van der Waals surface area contributed by atoms with Gasteiger partial charge in [0.1, 0.15) is 6.04 Å². The molecule has 4 heterocycles. The largest absolute Gasteiger partial charge is 0.338 e. The Morgan fingerprint density at radius 2 is 1.81 bits per heavy atom. The molecule has 3 saturated heterocycles. The highest BCUT2D eigenvalue weighted by atomic mass is 16.2. The van der Waals surface area contributed by atoms with Crippen molar-refractivity contribution in [3.63, 3.8) is 0 Å². The molecule has 170 valence electrons. The minimum atomic E-state index is -0.605. The Kier molecular flexibility index (Phi) is 5.69. The lowest BCUT2D eigenvalue weighted by molar-refractivity contribution is -0.137. The van der Waals surface area contributed by atoms with Gasteiger partial charge in [-0.2, -0.15) is 0 Å². The third-order valence-corrected chi connectivity index (χ3v) is 7.13. The summed E-state index contributed by atoms with van der Waals surface area (Å²) in [5.74, 6) is -0.666. The molecule has 3 fully saturated rings. The van der Waals surface area contributed by atoms with Crippen LogP contribution in [0.4, 0.5) is 0 Å². The maximum Gasteiger partial charge on any atom is 0.255 e. The third-order valence-electron chi connectivity index (χ3n) is 7.13. The molecule has 32 heavy (non-hydrogen) atoms. The third kappa shape index (κ3) is 3.91. The van der Waals surface area contributed by atoms with Gasteiger partial charge < -0.3 is 20.4 Å². The maximum atomic E-state index is 12.9. The van der Waals surface area contributed by atoms with Gasteiger partial charge in [0.05, 0.1) is 6.04 Å². The summed E-state index contributed by atoms with van der Waals surface area (Å²) >= 11 is 0. The number of hydrogen-bond donors (Lipinski definition) is 3. The first-order valence-corrected chi connectivity index (χ1v) is 11.5. The predicted octanol–water partition coefficient (Wildman–Crippen LogP) is -0.110. The SMILES string of the molecule is O=C1CCC(N2Cc3cc(CNC4CCN(C5CCNCC5)C4=O)ccc3C2=O)C(=O)N1. The summed E-state index contributed by atoms with van der Waals surface area (Å²) in [5.41, 5.74) is 2.50. The zero-order chi connectivity index (χ0) is 22.2. The molecule has 0 radical (unpaired) electrons. The molecule has 0 saturated carbocycles. The van der Waals surface area contributed by atoms with Crippen molar-refractivity contribution in [2.75, 3.05) is 19.6 Å². The monoisotopic (exact) mass is 439 g/mol. The molecule has 4 aliphatic rings. The van der Waals surface area contributed by atoms with E-state index >= 15 is 0 Å². The van der Waals surface area contributed by atoms with Crippen molar-refractivity contribution in [1.29, 1.82) is 0 Å². The Morgan fingerprint density at radius 3 is 2.59 bits per heavy atom. The van der Waals surface area contributed by atoms with E-state index in [-0.39, 0.29) is 30.2 Å². The highest BCUT2D eigenvalue weighted by Gasteiger charge is 2.39. The lowest BCUT2D eigenvalue weighted by Gasteiger charge is -2.31. The summed E-state index contributed by atoms with van der Waals surface area (Å²) in [5, 5.41) is 9.07. The summed E-state index contributed by atoms with van der Waals surface area (Å²) in [6.45, 7) is 3.66. The van der Waals surface area contributed by atoms with Crippen molar-refractivity contribution in [1.82, 2.24) is 25.8 Å². The van der Waals surface area contributed by atoms with Crippen LogP contribution in [0.5, 0.6) is 0 Å². The number of fused-ring (bicyclic) bond motifs is 1. The first-order valence-electron chi connectivity index (χ1n) is 11.5. The Balaban J connectivity index is 1.20. The molecular weight excluding hydrogens is 410 g/mol. The highest BCUT2D eigenvalue weighted by molar-refractivity contribution is 6.05. The van der Waals surface area contributed by atoms with Gasteiger partial charge in [-0.15, -0.1) is 0 Å². The molecule has 2 atom stereocenters. The van der Waals surface area contributed by atoms with Crippen LogP contribution in [0.25, 0.3) is 0 Å². The highest BCUT2D eigenvalue weighted by Crippen LogP contribution is 2.28. The molecule has 0 bridgehead atoms. The van der Waals surface area contributed by atoms with Crippen molar-refractivity contribution in [3.8, 4) is 0 Å². The Bertz CT molecular complexity index is 958. The van der Waals surface area contributed by atoms with E-state index in [1.807, 2.05) is 17.0 Å². The first-order chi connectivity index (χ1) is 15.5. The van der Waals surface area contributed by atoms with Crippen LogP contribution in [-0.2, 0) is 27.5 Å². The number of nitrogens with zero attached hydrogens (tertiary/aromatic N) is 2. The minimum absolute atomic E-state index is 0.167. The lowest BCUT2D eigenvalue weighted by atomic mass is 10.0. The van der Waals surface area contributed by atoms with Gasteiger partial charge in [-0.25, -0.2) is 0 Å². The van der Waals surface area contributed by atoms with Gasteiger partial charge in [0.2, 0.25) is 17.7 Å². The molecule has 0 spiro atoms. The number of imide groups is 1. The second kappa shape index (κ2) is 8.63. The number of carbonyl (C=O) groups excluding carboxylic acids is 4. The van der Waals surface area contributed by atoms with Crippen molar-refractivity contribution in [2.45, 2.75) is 63.3 Å². The average Bonchev–Trinajstić information content (AvgIpc) is 3.32. The number of carbonyl (C=O) groups is 4. The van der Waals surface area contributed by atoms with Crippen molar-refractivity contribution in [2.24, 2.45) is 0 Å². The van der Waals surface area contributed by atoms with Gasteiger partial charge in [-0.05, 0) is 56.0 Å². The van der Waals surface area contributed by atoms with Gasteiger partial charge in [0.15, 0.2) is 0 Å². The predicted molar refractivity (Wildman–Crippen MR) is 115 cm³/mol. The number of rotatable bonds is 5. The van der Waals surface area contributed by atoms with Gasteiger partial charge in [0.25, 0.3) is 5.91 Å². The molecule has 9 nitrogen and oxygen atoms in total. The van der Waals surface area contributed by atoms with E-state index in [1.165, 1.54) is 0 Å². The van der Waals surface area contributed by atoms with Crippen LogP contribution in [0.1, 0.15) is 53.6 Å². The van der Waals surface area contributed by atoms with Crippen molar-refractivity contribution >= 4 is 23.6 Å². The van der Waals surface area contributed by atoms with E-state index in [0.29, 0.717) is 31.1 Å². The summed E-state index contributed by atoms with van der Waals surface area (Å²) in [4.78, 5) is 52.9. The van der Waals surface area contributed by atoms with Crippen LogP contribution >= 0.6 is 0 Å². The number of likely N-dealkylation sites (tertiary alicyclic amines) is 1. The van der Waals surface area contributed by atoms with Gasteiger partial charge in [0, 0.05) is 37.7 Å². The molecule has 1 aromatic rings. The summed E-state index contributed by atoms with van der Waals surface area (Å²) in [6, 6.07) is 5.27. The number of benzene rings is 1. The van der Waals surface area contributed by atoms with E-state index < -0.39 is 11.9 Å². The smallest absolute Gasteiger partial charge is 0.255 e. The number of piperidine rings is 2. The Labute approximate surface area is 186 Å². The minimum Gasteiger partial charge on any atom is -0.338 e. The second-order valence-corrected chi connectivity index (χ2v) is 9.13. The number of amides is 4. The maximum absolute atomic E-state index is 12.9. The van der Waals surface area contributed by atoms with E-state index in [1.54, 1.807) is 11.0 Å². The van der Waals surface area contributed by atoms with E-state index in [2.05, 4.69) is 16.0 Å². The second-order valence-electron chi connectivity index (χ2n) is 9.13. The van der Waals surface area contributed by atoms with Crippen LogP contribution in [0.15, 0.2) is 18.2 Å². The zero-order valence-corrected chi connectivity index (χ0v) is 18.1. The average molecular weight is 440 g/mol. The summed E-state index contributed by atoms with van der Waals surface area (Å²) < 4.78 is 0. The number of hydrogen-bond acceptors (Lipinski definition) is 6. The Morgan fingerprint density at radius 1 is 1.00 bits per heavy atom. The summed E-state index contributed by atoms with van der Waals surface area (Å²) in [6.07, 6.45) is 3.45. The zero-order valence-electron chi connectivity index (χ0n) is 18.1. The van der Waals surface area contributed by atoms with Crippen molar-refractivity contribution < 1.29 is 19.2 Å². The molecular formula is C23H29N5O4. The van der Waals surface area contributed by atoms with E-state index in [4.69, 9.17) is 0 Å². The van der Waals surface area contributed by atoms with Crippen LogP contribution in [0, 0.1) is 0 Å². The van der Waals surface area contributed by atoms with Gasteiger partial charge >= 0.3 is 0 Å². The summed E-state index contributed by atoms with van der Waals surface area (Å²) in [7, 11) is 0. The molecule has 9 heteroatoms. The quantitative estimate of drug-likeness (QED) is 0.552. The van der Waals surface area contributed by atoms with Crippen LogP contribution in [-0.4, -0.2) is 71.2 Å². The van der Waals surface area contributed by atoms with Gasteiger partial charge in [-0.1, -0.05) is 12.1 Å². The molecule has 0 aliphatic carbocycles. The topological polar surface area (TPSA) is 111 Å². The van der Waals surface area contributed by atoms with Crippen molar-refractivity contribution in [3.05, 3.63) is 34.9 Å². The lowest BCUT2D eigenvalue weighted by Crippen LogP contribution is -2.52. The fraction of sp³-hybridized carbons (Fsp3) is 0.565. The Hall–Kier alpha value is -2.78. The molecule has 2 unspecified atom stereocenters. The first kappa shape index (κ1) is 21.1. The normalized spacial score (nSPS) is 26.6. The van der Waals surface area contributed by atoms with E-state index in [9.17, 15) is 19.2 Å². The van der Waals surface area contributed by atoms with E-state index in [0.717, 1.165) is 50.0 Å². The molecule has 4 aliphatic heterocycles. The fourth-order valence-electron chi connectivity index (χ4n) is 5.35. The molecule has 0 aromatic heterocycles. The molecule has 5 rings (SSSR count). The van der Waals surface area contributed by atoms with Crippen LogP contribution < -0.4 is 16.0 Å². The van der Waals surface area contributed by atoms with Crippen LogP contribution in [0.3, 0.4) is 0 Å². The molecule has 4 amide bonds. The standard InChI is InChI=1S/C23H29N5O4/c29-20-4-3-19(21(30)26-20)28-13-15-11-14(1-2-17(15)22(28)31)12-25-18-7-10-27(23(18)32)16-5-8-24-9-6-16/h1-2,11,16,18-19,24-25H,3-10,12-13H2,(H,26,29,30). The molecule has 1 aromatic carbocycles.